The smallest absolute Gasteiger partial charge is 0.0693 e. The maximum absolute atomic E-state index is 5.60. The Morgan fingerprint density at radius 1 is 1.44 bits per heavy atom. The molecule has 0 aromatic rings. The van der Waals surface area contributed by atoms with Crippen LogP contribution in [0.5, 0.6) is 0 Å². The van der Waals surface area contributed by atoms with E-state index < -0.39 is 0 Å². The van der Waals surface area contributed by atoms with Crippen LogP contribution in [0.4, 0.5) is 0 Å². The Kier molecular flexibility index (Phi) is 6.96. The molecule has 0 spiro atoms. The lowest BCUT2D eigenvalue weighted by Gasteiger charge is -2.20. The van der Waals surface area contributed by atoms with Crippen molar-refractivity contribution >= 4 is 0 Å². The van der Waals surface area contributed by atoms with Gasteiger partial charge in [-0.3, -0.25) is 0 Å². The molecule has 4 heteroatoms. The molecule has 16 heavy (non-hydrogen) atoms. The second kappa shape index (κ2) is 8.01. The molecular weight excluding hydrogens is 206 g/mol. The van der Waals surface area contributed by atoms with Crippen molar-refractivity contribution in [3.8, 4) is 0 Å². The summed E-state index contributed by atoms with van der Waals surface area (Å²) in [6.45, 7) is 8.42. The number of hydrogen-bond acceptors (Lipinski definition) is 4. The minimum atomic E-state index is 0.239. The Bertz CT molecular complexity index is 172. The van der Waals surface area contributed by atoms with Gasteiger partial charge >= 0.3 is 0 Å². The van der Waals surface area contributed by atoms with E-state index in [2.05, 4.69) is 19.2 Å². The van der Waals surface area contributed by atoms with Crippen molar-refractivity contribution in [3.05, 3.63) is 0 Å². The lowest BCUT2D eigenvalue weighted by molar-refractivity contribution is 0.0716. The molecule has 3 unspecified atom stereocenters. The second-order valence-corrected chi connectivity index (χ2v) is 4.49. The molecule has 0 amide bonds. The SMILES string of the molecule is COC(C)C(C)NCCOCC1CCOC1. The molecule has 4 nitrogen and oxygen atoms in total. The van der Waals surface area contributed by atoms with Crippen LogP contribution < -0.4 is 5.32 Å². The predicted molar refractivity (Wildman–Crippen MR) is 63.7 cm³/mol. The zero-order chi connectivity index (χ0) is 11.8. The minimum Gasteiger partial charge on any atom is -0.381 e. The lowest BCUT2D eigenvalue weighted by atomic mass is 10.1. The molecule has 1 saturated heterocycles. The highest BCUT2D eigenvalue weighted by Gasteiger charge is 2.15. The fraction of sp³-hybridized carbons (Fsp3) is 1.00. The third-order valence-corrected chi connectivity index (χ3v) is 3.17. The third kappa shape index (κ3) is 5.25. The monoisotopic (exact) mass is 231 g/mol. The highest BCUT2D eigenvalue weighted by molar-refractivity contribution is 4.67. The predicted octanol–water partition coefficient (Wildman–Crippen LogP) is 1.05. The largest absolute Gasteiger partial charge is 0.381 e. The van der Waals surface area contributed by atoms with Crippen LogP contribution in [0.1, 0.15) is 20.3 Å². The van der Waals surface area contributed by atoms with Gasteiger partial charge in [-0.2, -0.15) is 0 Å². The summed E-state index contributed by atoms with van der Waals surface area (Å²) in [5, 5.41) is 3.38. The highest BCUT2D eigenvalue weighted by Crippen LogP contribution is 2.11. The fourth-order valence-corrected chi connectivity index (χ4v) is 1.69. The van der Waals surface area contributed by atoms with E-state index in [1.807, 2.05) is 0 Å². The molecule has 3 atom stereocenters. The Labute approximate surface area is 98.6 Å². The van der Waals surface area contributed by atoms with Crippen molar-refractivity contribution in [2.75, 3.05) is 40.1 Å². The number of nitrogens with one attached hydrogen (secondary N) is 1. The first-order valence-corrected chi connectivity index (χ1v) is 6.15. The molecule has 1 heterocycles. The van der Waals surface area contributed by atoms with Crippen molar-refractivity contribution in [2.24, 2.45) is 5.92 Å². The van der Waals surface area contributed by atoms with E-state index in [0.717, 1.165) is 39.4 Å². The highest BCUT2D eigenvalue weighted by atomic mass is 16.5. The maximum Gasteiger partial charge on any atom is 0.0693 e. The number of rotatable bonds is 8. The first-order chi connectivity index (χ1) is 7.74. The molecule has 1 aliphatic rings. The Hall–Kier alpha value is -0.160. The quantitative estimate of drug-likeness (QED) is 0.634. The summed E-state index contributed by atoms with van der Waals surface area (Å²) in [5.74, 6) is 0.607. The topological polar surface area (TPSA) is 39.7 Å². The first-order valence-electron chi connectivity index (χ1n) is 6.15. The maximum atomic E-state index is 5.60. The molecule has 0 aromatic heterocycles. The Morgan fingerprint density at radius 3 is 2.88 bits per heavy atom. The van der Waals surface area contributed by atoms with Gasteiger partial charge in [-0.05, 0) is 20.3 Å². The number of ether oxygens (including phenoxy) is 3. The normalized spacial score (nSPS) is 24.6. The summed E-state index contributed by atoms with van der Waals surface area (Å²) >= 11 is 0. The minimum absolute atomic E-state index is 0.239. The third-order valence-electron chi connectivity index (χ3n) is 3.17. The van der Waals surface area contributed by atoms with Crippen LogP contribution >= 0.6 is 0 Å². The molecular formula is C12H25NO3. The van der Waals surface area contributed by atoms with E-state index in [9.17, 15) is 0 Å². The van der Waals surface area contributed by atoms with E-state index in [4.69, 9.17) is 14.2 Å². The number of hydrogen-bond donors (Lipinski definition) is 1. The van der Waals surface area contributed by atoms with Crippen LogP contribution in [0.2, 0.25) is 0 Å². The van der Waals surface area contributed by atoms with Crippen molar-refractivity contribution in [1.29, 1.82) is 0 Å². The number of methoxy groups -OCH3 is 1. The van der Waals surface area contributed by atoms with Crippen LogP contribution in [-0.4, -0.2) is 52.2 Å². The van der Waals surface area contributed by atoms with Gasteiger partial charge in [0.15, 0.2) is 0 Å². The van der Waals surface area contributed by atoms with Crippen LogP contribution in [0.25, 0.3) is 0 Å². The van der Waals surface area contributed by atoms with E-state index >= 15 is 0 Å². The van der Waals surface area contributed by atoms with Crippen LogP contribution in [0.3, 0.4) is 0 Å². The van der Waals surface area contributed by atoms with Gasteiger partial charge in [0.1, 0.15) is 0 Å². The molecule has 0 bridgehead atoms. The van der Waals surface area contributed by atoms with Gasteiger partial charge in [-0.1, -0.05) is 0 Å². The molecule has 0 aromatic carbocycles. The van der Waals surface area contributed by atoms with Crippen molar-refractivity contribution in [2.45, 2.75) is 32.4 Å². The molecule has 0 aliphatic carbocycles. The summed E-state index contributed by atoms with van der Waals surface area (Å²) in [6, 6.07) is 0.364. The summed E-state index contributed by atoms with van der Waals surface area (Å²) in [7, 11) is 1.74. The zero-order valence-electron chi connectivity index (χ0n) is 10.7. The van der Waals surface area contributed by atoms with E-state index in [1.54, 1.807) is 7.11 Å². The van der Waals surface area contributed by atoms with Crippen molar-refractivity contribution < 1.29 is 14.2 Å². The van der Waals surface area contributed by atoms with Gasteiger partial charge in [-0.15, -0.1) is 0 Å². The van der Waals surface area contributed by atoms with E-state index in [0.29, 0.717) is 12.0 Å². The molecule has 0 saturated carbocycles. The molecule has 1 aliphatic heterocycles. The fourth-order valence-electron chi connectivity index (χ4n) is 1.69. The van der Waals surface area contributed by atoms with Crippen molar-refractivity contribution in [3.63, 3.8) is 0 Å². The molecule has 1 fully saturated rings. The summed E-state index contributed by atoms with van der Waals surface area (Å²) < 4.78 is 16.1. The van der Waals surface area contributed by atoms with Gasteiger partial charge < -0.3 is 19.5 Å². The average molecular weight is 231 g/mol. The summed E-state index contributed by atoms with van der Waals surface area (Å²) in [4.78, 5) is 0. The van der Waals surface area contributed by atoms with Gasteiger partial charge in [-0.25, -0.2) is 0 Å². The summed E-state index contributed by atoms with van der Waals surface area (Å²) in [5.41, 5.74) is 0. The second-order valence-electron chi connectivity index (χ2n) is 4.49. The summed E-state index contributed by atoms with van der Waals surface area (Å²) in [6.07, 6.45) is 1.38. The molecule has 1 rings (SSSR count). The molecule has 1 N–H and O–H groups in total. The Morgan fingerprint density at radius 2 is 2.25 bits per heavy atom. The van der Waals surface area contributed by atoms with Gasteiger partial charge in [0.25, 0.3) is 0 Å². The lowest BCUT2D eigenvalue weighted by Crippen LogP contribution is -2.38. The Balaban J connectivity index is 1.91. The van der Waals surface area contributed by atoms with Gasteiger partial charge in [0.2, 0.25) is 0 Å². The molecule has 96 valence electrons. The van der Waals surface area contributed by atoms with E-state index in [-0.39, 0.29) is 6.10 Å². The van der Waals surface area contributed by atoms with Gasteiger partial charge in [0, 0.05) is 32.2 Å². The zero-order valence-corrected chi connectivity index (χ0v) is 10.7. The van der Waals surface area contributed by atoms with Crippen LogP contribution in [0.15, 0.2) is 0 Å². The van der Waals surface area contributed by atoms with Crippen LogP contribution in [0, 0.1) is 5.92 Å². The van der Waals surface area contributed by atoms with Crippen molar-refractivity contribution in [1.82, 2.24) is 5.32 Å². The first kappa shape index (κ1) is 13.9. The van der Waals surface area contributed by atoms with Crippen LogP contribution in [-0.2, 0) is 14.2 Å². The van der Waals surface area contributed by atoms with E-state index in [1.165, 1.54) is 0 Å². The standard InChI is InChI=1S/C12H25NO3/c1-10(11(2)14-3)13-5-7-16-9-12-4-6-15-8-12/h10-13H,4-9H2,1-3H3. The molecule has 0 radical (unpaired) electrons. The van der Waals surface area contributed by atoms with Gasteiger partial charge in [0.05, 0.1) is 25.9 Å². The average Bonchev–Trinajstić information content (AvgIpc) is 2.80.